The molecule has 1 rings (SSSR count). The molecule has 4 nitrogen and oxygen atoms in total. The van der Waals surface area contributed by atoms with Crippen LogP contribution in [0.2, 0.25) is 0 Å². The van der Waals surface area contributed by atoms with Gasteiger partial charge < -0.3 is 10.00 Å². The first-order chi connectivity index (χ1) is 5.93. The Bertz CT molecular complexity index is 379. The minimum absolute atomic E-state index is 0.0116. The van der Waals surface area contributed by atoms with E-state index in [1.807, 2.05) is 0 Å². The molecule has 0 aliphatic heterocycles. The first-order valence-corrected chi connectivity index (χ1v) is 5.67. The Kier molecular flexibility index (Phi) is 2.55. The zero-order chi connectivity index (χ0) is 10.1. The van der Waals surface area contributed by atoms with Gasteiger partial charge in [-0.05, 0) is 12.1 Å². The van der Waals surface area contributed by atoms with E-state index in [0.717, 1.165) is 6.66 Å². The Hall–Kier alpha value is -1.12. The molecule has 0 radical (unpaired) electrons. The van der Waals surface area contributed by atoms with Gasteiger partial charge in [0, 0.05) is 6.66 Å². The average Bonchev–Trinajstić information content (AvgIpc) is 2.03. The molecule has 0 saturated heterocycles. The fourth-order valence-electron chi connectivity index (χ4n) is 1.02. The highest BCUT2D eigenvalue weighted by atomic mass is 31.2. The maximum Gasteiger partial charge on any atom is 0.336 e. The summed E-state index contributed by atoms with van der Waals surface area (Å²) < 4.78 is 11.2. The smallest absolute Gasteiger partial charge is 0.336 e. The molecule has 0 fully saturated rings. The number of rotatable bonds is 2. The van der Waals surface area contributed by atoms with Crippen molar-refractivity contribution in [1.29, 1.82) is 0 Å². The van der Waals surface area contributed by atoms with Gasteiger partial charge in [-0.15, -0.1) is 0 Å². The van der Waals surface area contributed by atoms with Crippen LogP contribution in [-0.2, 0) is 4.57 Å². The lowest BCUT2D eigenvalue weighted by molar-refractivity contribution is 0.0698. The highest BCUT2D eigenvalue weighted by molar-refractivity contribution is 7.65. The number of hydrogen-bond acceptors (Lipinski definition) is 2. The van der Waals surface area contributed by atoms with Crippen molar-refractivity contribution in [2.75, 3.05) is 6.66 Å². The molecule has 70 valence electrons. The standard InChI is InChI=1S/C8H9O4P/c1-13(11,12)7-5-3-2-4-6(7)8(9)10/h2-5H,1H3,(H,9,10)(H,11,12). The summed E-state index contributed by atoms with van der Waals surface area (Å²) in [5.74, 6) is -1.19. The third-order valence-corrected chi connectivity index (χ3v) is 2.87. The molecule has 0 spiro atoms. The van der Waals surface area contributed by atoms with Crippen molar-refractivity contribution < 1.29 is 19.4 Å². The average molecular weight is 200 g/mol. The Morgan fingerprint density at radius 2 is 1.92 bits per heavy atom. The quantitative estimate of drug-likeness (QED) is 0.696. The molecule has 13 heavy (non-hydrogen) atoms. The number of carbonyl (C=O) groups is 1. The van der Waals surface area contributed by atoms with E-state index in [1.165, 1.54) is 24.3 Å². The number of carboxylic acids is 1. The predicted molar refractivity (Wildman–Crippen MR) is 48.8 cm³/mol. The summed E-state index contributed by atoms with van der Waals surface area (Å²) in [5.41, 5.74) is -0.115. The zero-order valence-electron chi connectivity index (χ0n) is 6.97. The largest absolute Gasteiger partial charge is 0.478 e. The molecule has 0 aliphatic carbocycles. The van der Waals surface area contributed by atoms with Gasteiger partial charge in [0.15, 0.2) is 0 Å². The molecular formula is C8H9O4P. The molecule has 0 bridgehead atoms. The maximum atomic E-state index is 11.2. The lowest BCUT2D eigenvalue weighted by Gasteiger charge is -2.07. The molecule has 1 aromatic rings. The number of carboxylic acid groups (broad SMARTS) is 1. The molecule has 0 amide bonds. The van der Waals surface area contributed by atoms with Crippen LogP contribution in [0.15, 0.2) is 24.3 Å². The van der Waals surface area contributed by atoms with E-state index in [2.05, 4.69) is 0 Å². The fraction of sp³-hybridized carbons (Fsp3) is 0.125. The summed E-state index contributed by atoms with van der Waals surface area (Å²) >= 11 is 0. The maximum absolute atomic E-state index is 11.2. The van der Waals surface area contributed by atoms with Gasteiger partial charge in [0.1, 0.15) is 0 Å². The van der Waals surface area contributed by atoms with Crippen molar-refractivity contribution in [3.63, 3.8) is 0 Å². The minimum Gasteiger partial charge on any atom is -0.478 e. The predicted octanol–water partition coefficient (Wildman–Crippen LogP) is 0.910. The van der Waals surface area contributed by atoms with Gasteiger partial charge >= 0.3 is 5.97 Å². The van der Waals surface area contributed by atoms with Gasteiger partial charge in [-0.25, -0.2) is 4.79 Å². The summed E-state index contributed by atoms with van der Waals surface area (Å²) in [6.07, 6.45) is 0. The van der Waals surface area contributed by atoms with Gasteiger partial charge in [-0.1, -0.05) is 12.1 Å². The van der Waals surface area contributed by atoms with Crippen LogP contribution in [0.1, 0.15) is 10.4 Å². The van der Waals surface area contributed by atoms with E-state index < -0.39 is 13.3 Å². The summed E-state index contributed by atoms with van der Waals surface area (Å²) in [5, 5.41) is 8.69. The summed E-state index contributed by atoms with van der Waals surface area (Å²) in [4.78, 5) is 19.8. The summed E-state index contributed by atoms with van der Waals surface area (Å²) in [7, 11) is -3.49. The highest BCUT2D eigenvalue weighted by Crippen LogP contribution is 2.35. The van der Waals surface area contributed by atoms with Crippen molar-refractivity contribution in [2.24, 2.45) is 0 Å². The Morgan fingerprint density at radius 3 is 2.31 bits per heavy atom. The van der Waals surface area contributed by atoms with Crippen LogP contribution in [0, 0.1) is 0 Å². The fourth-order valence-corrected chi connectivity index (χ4v) is 2.00. The summed E-state index contributed by atoms with van der Waals surface area (Å²) in [6.45, 7) is 1.12. The van der Waals surface area contributed by atoms with Crippen LogP contribution in [-0.4, -0.2) is 22.6 Å². The molecule has 1 aromatic carbocycles. The van der Waals surface area contributed by atoms with Crippen LogP contribution < -0.4 is 5.30 Å². The molecule has 2 N–H and O–H groups in total. The number of aromatic carboxylic acids is 1. The Balaban J connectivity index is 3.37. The molecule has 0 aromatic heterocycles. The lowest BCUT2D eigenvalue weighted by atomic mass is 10.2. The first kappa shape index (κ1) is 9.96. The van der Waals surface area contributed by atoms with Gasteiger partial charge in [0.05, 0.1) is 10.9 Å². The molecule has 0 saturated carbocycles. The van der Waals surface area contributed by atoms with Crippen molar-refractivity contribution >= 4 is 18.6 Å². The van der Waals surface area contributed by atoms with Crippen LogP contribution in [0.3, 0.4) is 0 Å². The van der Waals surface area contributed by atoms with Crippen molar-refractivity contribution in [1.82, 2.24) is 0 Å². The van der Waals surface area contributed by atoms with E-state index in [0.29, 0.717) is 0 Å². The van der Waals surface area contributed by atoms with E-state index >= 15 is 0 Å². The van der Waals surface area contributed by atoms with E-state index in [-0.39, 0.29) is 10.9 Å². The van der Waals surface area contributed by atoms with Crippen molar-refractivity contribution in [3.05, 3.63) is 29.8 Å². The van der Waals surface area contributed by atoms with Gasteiger partial charge in [0.25, 0.3) is 0 Å². The van der Waals surface area contributed by atoms with Crippen LogP contribution >= 0.6 is 7.37 Å². The normalized spacial score (nSPS) is 14.9. The first-order valence-electron chi connectivity index (χ1n) is 3.56. The second-order valence-electron chi connectivity index (χ2n) is 2.70. The van der Waals surface area contributed by atoms with Crippen LogP contribution in [0.5, 0.6) is 0 Å². The van der Waals surface area contributed by atoms with Gasteiger partial charge in [0.2, 0.25) is 7.37 Å². The third kappa shape index (κ3) is 2.17. The number of benzene rings is 1. The monoisotopic (exact) mass is 200 g/mol. The van der Waals surface area contributed by atoms with Crippen LogP contribution in [0.25, 0.3) is 0 Å². The van der Waals surface area contributed by atoms with Crippen molar-refractivity contribution in [2.45, 2.75) is 0 Å². The molecule has 0 heterocycles. The second kappa shape index (κ2) is 3.32. The van der Waals surface area contributed by atoms with Crippen LogP contribution in [0.4, 0.5) is 0 Å². The Labute approximate surface area is 75.3 Å². The molecule has 5 heteroatoms. The second-order valence-corrected chi connectivity index (χ2v) is 4.94. The van der Waals surface area contributed by atoms with Gasteiger partial charge in [-0.3, -0.25) is 4.57 Å². The Morgan fingerprint density at radius 1 is 1.38 bits per heavy atom. The van der Waals surface area contributed by atoms with Gasteiger partial charge in [-0.2, -0.15) is 0 Å². The van der Waals surface area contributed by atoms with E-state index in [4.69, 9.17) is 5.11 Å². The SMILES string of the molecule is CP(=O)(O)c1ccccc1C(=O)O. The molecular weight excluding hydrogens is 191 g/mol. The number of hydrogen-bond donors (Lipinski definition) is 2. The zero-order valence-corrected chi connectivity index (χ0v) is 7.86. The summed E-state index contributed by atoms with van der Waals surface area (Å²) in [6, 6.07) is 5.71. The topological polar surface area (TPSA) is 74.6 Å². The van der Waals surface area contributed by atoms with Crippen molar-refractivity contribution in [3.8, 4) is 0 Å². The lowest BCUT2D eigenvalue weighted by Crippen LogP contribution is -2.14. The molecule has 1 unspecified atom stereocenters. The van der Waals surface area contributed by atoms with E-state index in [9.17, 15) is 14.3 Å². The minimum atomic E-state index is -3.49. The molecule has 0 aliphatic rings. The van der Waals surface area contributed by atoms with E-state index in [1.54, 1.807) is 0 Å². The molecule has 1 atom stereocenters. The third-order valence-electron chi connectivity index (χ3n) is 1.58. The highest BCUT2D eigenvalue weighted by Gasteiger charge is 2.20.